The van der Waals surface area contributed by atoms with Crippen LogP contribution in [0.15, 0.2) is 18.2 Å². The van der Waals surface area contributed by atoms with Crippen LogP contribution >= 0.6 is 23.2 Å². The first-order valence-electron chi connectivity index (χ1n) is 8.29. The molecule has 0 fully saturated rings. The van der Waals surface area contributed by atoms with Crippen LogP contribution < -0.4 is 4.74 Å². The highest BCUT2D eigenvalue weighted by Crippen LogP contribution is 2.27. The van der Waals surface area contributed by atoms with E-state index in [0.29, 0.717) is 35.2 Å². The lowest BCUT2D eigenvalue weighted by Crippen LogP contribution is -2.44. The zero-order chi connectivity index (χ0) is 17.4. The number of benzene rings is 1. The quantitative estimate of drug-likeness (QED) is 0.538. The van der Waals surface area contributed by atoms with Gasteiger partial charge in [0.05, 0.1) is 11.6 Å². The van der Waals surface area contributed by atoms with Crippen molar-refractivity contribution in [2.45, 2.75) is 65.5 Å². The number of halogens is 2. The molecular formula is C18H27Cl2NO2. The van der Waals surface area contributed by atoms with Gasteiger partial charge in [0.1, 0.15) is 5.75 Å². The van der Waals surface area contributed by atoms with Crippen molar-refractivity contribution in [1.29, 1.82) is 0 Å². The second-order valence-electron chi connectivity index (χ2n) is 5.84. The van der Waals surface area contributed by atoms with Crippen molar-refractivity contribution in [3.63, 3.8) is 0 Å². The van der Waals surface area contributed by atoms with Gasteiger partial charge in [0.15, 0.2) is 0 Å². The Kier molecular flexibility index (Phi) is 8.78. The predicted molar refractivity (Wildman–Crippen MR) is 97.5 cm³/mol. The van der Waals surface area contributed by atoms with E-state index in [4.69, 9.17) is 27.9 Å². The fourth-order valence-corrected chi connectivity index (χ4v) is 2.91. The summed E-state index contributed by atoms with van der Waals surface area (Å²) in [5, 5.41) is 1.07. The molecule has 1 aromatic rings. The average molecular weight is 360 g/mol. The molecule has 0 aliphatic carbocycles. The number of ether oxygens (including phenoxy) is 1. The van der Waals surface area contributed by atoms with Crippen LogP contribution in [0.3, 0.4) is 0 Å². The number of rotatable bonds is 9. The second-order valence-corrected chi connectivity index (χ2v) is 6.69. The topological polar surface area (TPSA) is 29.5 Å². The number of hydrogen-bond donors (Lipinski definition) is 0. The summed E-state index contributed by atoms with van der Waals surface area (Å²) in [7, 11) is 0. The summed E-state index contributed by atoms with van der Waals surface area (Å²) >= 11 is 11.9. The van der Waals surface area contributed by atoms with Crippen LogP contribution in [0.1, 0.15) is 53.4 Å². The van der Waals surface area contributed by atoms with Gasteiger partial charge in [-0.1, -0.05) is 37.0 Å². The summed E-state index contributed by atoms with van der Waals surface area (Å²) in [4.78, 5) is 14.5. The van der Waals surface area contributed by atoms with Crippen molar-refractivity contribution in [3.05, 3.63) is 28.2 Å². The number of carbonyl (C=O) groups excluding carboxylic acids is 1. The lowest BCUT2D eigenvalue weighted by atomic mass is 10.1. The molecule has 130 valence electrons. The molecule has 5 heteroatoms. The van der Waals surface area contributed by atoms with Gasteiger partial charge >= 0.3 is 0 Å². The van der Waals surface area contributed by atoms with E-state index in [1.54, 1.807) is 18.2 Å². The minimum absolute atomic E-state index is 0.194. The molecule has 0 aromatic heterocycles. The summed E-state index contributed by atoms with van der Waals surface area (Å²) in [6.45, 7) is 8.89. The van der Waals surface area contributed by atoms with Gasteiger partial charge < -0.3 is 9.64 Å². The monoisotopic (exact) mass is 359 g/mol. The van der Waals surface area contributed by atoms with Crippen molar-refractivity contribution >= 4 is 29.1 Å². The van der Waals surface area contributed by atoms with Crippen LogP contribution in [0.4, 0.5) is 0 Å². The van der Waals surface area contributed by atoms with E-state index in [1.807, 2.05) is 4.90 Å². The number of amides is 1. The Morgan fingerprint density at radius 2 is 1.78 bits per heavy atom. The lowest BCUT2D eigenvalue weighted by molar-refractivity contribution is -0.135. The maximum atomic E-state index is 12.5. The Labute approximate surface area is 149 Å². The molecule has 0 N–H and O–H groups in total. The summed E-state index contributed by atoms with van der Waals surface area (Å²) in [5.74, 6) is 0.795. The highest BCUT2D eigenvalue weighted by molar-refractivity contribution is 6.35. The Morgan fingerprint density at radius 1 is 1.17 bits per heavy atom. The molecule has 1 aromatic carbocycles. The van der Waals surface area contributed by atoms with Crippen molar-refractivity contribution in [2.75, 3.05) is 6.61 Å². The van der Waals surface area contributed by atoms with Crippen LogP contribution in [-0.4, -0.2) is 29.5 Å². The van der Waals surface area contributed by atoms with Gasteiger partial charge in [-0.05, 0) is 51.3 Å². The lowest BCUT2D eigenvalue weighted by Gasteiger charge is -2.34. The number of hydrogen-bond acceptors (Lipinski definition) is 2. The molecule has 0 spiro atoms. The molecule has 2 atom stereocenters. The van der Waals surface area contributed by atoms with E-state index in [1.165, 1.54) is 0 Å². The smallest absolute Gasteiger partial charge is 0.223 e. The summed E-state index contributed by atoms with van der Waals surface area (Å²) in [5.41, 5.74) is 0. The van der Waals surface area contributed by atoms with E-state index >= 15 is 0 Å². The summed E-state index contributed by atoms with van der Waals surface area (Å²) < 4.78 is 5.63. The molecule has 0 heterocycles. The maximum absolute atomic E-state index is 12.5. The minimum Gasteiger partial charge on any atom is -0.492 e. The Morgan fingerprint density at radius 3 is 2.30 bits per heavy atom. The minimum atomic E-state index is 0.194. The molecule has 3 nitrogen and oxygen atoms in total. The highest BCUT2D eigenvalue weighted by Gasteiger charge is 2.22. The zero-order valence-electron chi connectivity index (χ0n) is 14.4. The molecule has 23 heavy (non-hydrogen) atoms. The third-order valence-corrected chi connectivity index (χ3v) is 4.64. The van der Waals surface area contributed by atoms with Crippen molar-refractivity contribution in [2.24, 2.45) is 0 Å². The van der Waals surface area contributed by atoms with E-state index in [-0.39, 0.29) is 18.0 Å². The second kappa shape index (κ2) is 10.0. The molecule has 0 saturated heterocycles. The van der Waals surface area contributed by atoms with Crippen molar-refractivity contribution in [3.8, 4) is 5.75 Å². The predicted octanol–water partition coefficient (Wildman–Crippen LogP) is 5.58. The molecule has 1 rings (SSSR count). The highest BCUT2D eigenvalue weighted by atomic mass is 35.5. The Hall–Kier alpha value is -0.930. The molecule has 0 bridgehead atoms. The maximum Gasteiger partial charge on any atom is 0.223 e. The molecule has 0 saturated carbocycles. The molecular weight excluding hydrogens is 333 g/mol. The number of nitrogens with zero attached hydrogens (tertiary/aromatic N) is 1. The van der Waals surface area contributed by atoms with Crippen LogP contribution in [0.25, 0.3) is 0 Å². The van der Waals surface area contributed by atoms with Crippen molar-refractivity contribution < 1.29 is 9.53 Å². The number of carbonyl (C=O) groups is 1. The first-order valence-corrected chi connectivity index (χ1v) is 9.05. The standard InChI is InChI=1S/C18H27Cl2NO2/c1-5-13(3)21(14(4)6-2)18(22)8-7-11-23-17-10-9-15(19)12-16(17)20/h9-10,12-14H,5-8,11H2,1-4H3. The Bertz CT molecular complexity index is 498. The van der Waals surface area contributed by atoms with E-state index in [9.17, 15) is 4.79 Å². The van der Waals surface area contributed by atoms with Gasteiger partial charge in [-0.3, -0.25) is 4.79 Å². The Balaban J connectivity index is 2.48. The van der Waals surface area contributed by atoms with E-state index in [0.717, 1.165) is 12.8 Å². The molecule has 0 radical (unpaired) electrons. The molecule has 1 amide bonds. The molecule has 0 aliphatic heterocycles. The summed E-state index contributed by atoms with van der Waals surface area (Å²) in [6.07, 6.45) is 3.08. The largest absolute Gasteiger partial charge is 0.492 e. The third kappa shape index (κ3) is 6.23. The van der Waals surface area contributed by atoms with Crippen LogP contribution in [0.2, 0.25) is 10.0 Å². The van der Waals surface area contributed by atoms with Gasteiger partial charge in [-0.25, -0.2) is 0 Å². The first kappa shape index (κ1) is 20.1. The normalized spacial score (nSPS) is 13.5. The van der Waals surface area contributed by atoms with Gasteiger partial charge in [0, 0.05) is 23.5 Å². The molecule has 0 aliphatic rings. The fraction of sp³-hybridized carbons (Fsp3) is 0.611. The van der Waals surface area contributed by atoms with E-state index < -0.39 is 0 Å². The zero-order valence-corrected chi connectivity index (χ0v) is 16.0. The van der Waals surface area contributed by atoms with Gasteiger partial charge in [0.2, 0.25) is 5.91 Å². The third-order valence-electron chi connectivity index (χ3n) is 4.11. The van der Waals surface area contributed by atoms with Crippen molar-refractivity contribution in [1.82, 2.24) is 4.90 Å². The van der Waals surface area contributed by atoms with Gasteiger partial charge in [0.25, 0.3) is 0 Å². The van der Waals surface area contributed by atoms with E-state index in [2.05, 4.69) is 27.7 Å². The molecule has 2 unspecified atom stereocenters. The van der Waals surface area contributed by atoms with Crippen LogP contribution in [-0.2, 0) is 4.79 Å². The average Bonchev–Trinajstić information content (AvgIpc) is 2.52. The summed E-state index contributed by atoms with van der Waals surface area (Å²) in [6, 6.07) is 5.67. The van der Waals surface area contributed by atoms with Crippen LogP contribution in [0, 0.1) is 0 Å². The first-order chi connectivity index (χ1) is 10.9. The van der Waals surface area contributed by atoms with Crippen LogP contribution in [0.5, 0.6) is 5.75 Å². The SMILES string of the molecule is CCC(C)N(C(=O)CCCOc1ccc(Cl)cc1Cl)C(C)CC. The van der Waals surface area contributed by atoms with Gasteiger partial charge in [-0.15, -0.1) is 0 Å². The van der Waals surface area contributed by atoms with Gasteiger partial charge in [-0.2, -0.15) is 0 Å². The fourth-order valence-electron chi connectivity index (χ4n) is 2.45.